The third-order valence-corrected chi connectivity index (χ3v) is 4.69. The first-order valence-electron chi connectivity index (χ1n) is 8.73. The van der Waals surface area contributed by atoms with Crippen LogP contribution in [0, 0.1) is 0 Å². The van der Waals surface area contributed by atoms with Gasteiger partial charge in [-0.2, -0.15) is 13.2 Å². The number of nitrogens with one attached hydrogen (secondary N) is 1. The maximum absolute atomic E-state index is 12.6. The fourth-order valence-electron chi connectivity index (χ4n) is 3.03. The Morgan fingerprint density at radius 3 is 2.30 bits per heavy atom. The van der Waals surface area contributed by atoms with Crippen molar-refractivity contribution < 1.29 is 18.0 Å². The molecule has 0 spiro atoms. The SMILES string of the molecule is C[C@@H](C(=O)Nc1ccc(C(F)(F)F)cc1)N1CCN(c2ccccn2)CC1. The molecular weight excluding hydrogens is 357 g/mol. The zero-order valence-corrected chi connectivity index (χ0v) is 14.9. The number of benzene rings is 1. The lowest BCUT2D eigenvalue weighted by Gasteiger charge is -2.37. The van der Waals surface area contributed by atoms with E-state index in [9.17, 15) is 18.0 Å². The lowest BCUT2D eigenvalue weighted by Crippen LogP contribution is -2.53. The summed E-state index contributed by atoms with van der Waals surface area (Å²) < 4.78 is 37.8. The highest BCUT2D eigenvalue weighted by Crippen LogP contribution is 2.29. The second-order valence-corrected chi connectivity index (χ2v) is 6.45. The van der Waals surface area contributed by atoms with E-state index < -0.39 is 11.7 Å². The summed E-state index contributed by atoms with van der Waals surface area (Å²) in [6.07, 6.45) is -2.63. The number of amides is 1. The maximum atomic E-state index is 12.6. The topological polar surface area (TPSA) is 48.5 Å². The number of rotatable bonds is 4. The number of hydrogen-bond acceptors (Lipinski definition) is 4. The van der Waals surface area contributed by atoms with Crippen molar-refractivity contribution in [3.63, 3.8) is 0 Å². The van der Waals surface area contributed by atoms with Crippen LogP contribution in [0.15, 0.2) is 48.7 Å². The lowest BCUT2D eigenvalue weighted by molar-refractivity contribution is -0.137. The third kappa shape index (κ3) is 4.77. The van der Waals surface area contributed by atoms with E-state index in [1.807, 2.05) is 18.2 Å². The van der Waals surface area contributed by atoms with Gasteiger partial charge in [0.1, 0.15) is 5.82 Å². The van der Waals surface area contributed by atoms with Gasteiger partial charge in [0, 0.05) is 38.1 Å². The Morgan fingerprint density at radius 2 is 1.74 bits per heavy atom. The van der Waals surface area contributed by atoms with Crippen LogP contribution >= 0.6 is 0 Å². The summed E-state index contributed by atoms with van der Waals surface area (Å²) in [7, 11) is 0. The van der Waals surface area contributed by atoms with Gasteiger partial charge in [-0.3, -0.25) is 9.69 Å². The Hall–Kier alpha value is -2.61. The minimum Gasteiger partial charge on any atom is -0.354 e. The molecule has 5 nitrogen and oxygen atoms in total. The summed E-state index contributed by atoms with van der Waals surface area (Å²) in [5.74, 6) is 0.681. The van der Waals surface area contributed by atoms with Gasteiger partial charge in [0.25, 0.3) is 0 Å². The molecule has 0 radical (unpaired) electrons. The van der Waals surface area contributed by atoms with Crippen LogP contribution < -0.4 is 10.2 Å². The van der Waals surface area contributed by atoms with Crippen molar-refractivity contribution in [2.45, 2.75) is 19.1 Å². The average molecular weight is 378 g/mol. The standard InChI is InChI=1S/C19H21F3N4O/c1-14(18(27)24-16-7-5-15(6-8-16)19(20,21)22)25-10-12-26(13-11-25)17-4-2-3-9-23-17/h2-9,14H,10-13H2,1H3,(H,24,27)/t14-/m0/s1. The summed E-state index contributed by atoms with van der Waals surface area (Å²) in [4.78, 5) is 21.0. The number of hydrogen-bond donors (Lipinski definition) is 1. The largest absolute Gasteiger partial charge is 0.416 e. The summed E-state index contributed by atoms with van der Waals surface area (Å²) in [5.41, 5.74) is -0.383. The Bertz CT molecular complexity index is 757. The van der Waals surface area contributed by atoms with Gasteiger partial charge in [-0.1, -0.05) is 6.07 Å². The minimum atomic E-state index is -4.39. The second kappa shape index (κ2) is 7.96. The molecule has 1 N–H and O–H groups in total. The molecule has 3 rings (SSSR count). The van der Waals surface area contributed by atoms with Crippen LogP contribution in [0.1, 0.15) is 12.5 Å². The highest BCUT2D eigenvalue weighted by Gasteiger charge is 2.30. The molecule has 2 heterocycles. The summed E-state index contributed by atoms with van der Waals surface area (Å²) in [6.45, 7) is 4.73. The second-order valence-electron chi connectivity index (χ2n) is 6.45. The third-order valence-electron chi connectivity index (χ3n) is 4.69. The number of aromatic nitrogens is 1. The monoisotopic (exact) mass is 378 g/mol. The van der Waals surface area contributed by atoms with Crippen LogP contribution in [0.4, 0.5) is 24.7 Å². The van der Waals surface area contributed by atoms with Crippen molar-refractivity contribution in [1.82, 2.24) is 9.88 Å². The van der Waals surface area contributed by atoms with Crippen LogP contribution in [0.3, 0.4) is 0 Å². The van der Waals surface area contributed by atoms with Crippen LogP contribution in [-0.2, 0) is 11.0 Å². The first-order chi connectivity index (χ1) is 12.8. The highest BCUT2D eigenvalue weighted by molar-refractivity contribution is 5.94. The molecule has 1 amide bonds. The maximum Gasteiger partial charge on any atom is 0.416 e. The van der Waals surface area contributed by atoms with Crippen molar-refractivity contribution >= 4 is 17.4 Å². The van der Waals surface area contributed by atoms with Crippen LogP contribution in [0.5, 0.6) is 0 Å². The van der Waals surface area contributed by atoms with Crippen LogP contribution in [-0.4, -0.2) is 48.0 Å². The van der Waals surface area contributed by atoms with E-state index in [4.69, 9.17) is 0 Å². The molecule has 2 aromatic rings. The summed E-state index contributed by atoms with van der Waals surface area (Å²) >= 11 is 0. The molecule has 0 unspecified atom stereocenters. The zero-order chi connectivity index (χ0) is 19.4. The number of anilines is 2. The molecular formula is C19H21F3N4O. The summed E-state index contributed by atoms with van der Waals surface area (Å²) in [6, 6.07) is 9.85. The minimum absolute atomic E-state index is 0.235. The Morgan fingerprint density at radius 1 is 1.07 bits per heavy atom. The number of halogens is 3. The molecule has 0 aliphatic carbocycles. The van der Waals surface area contributed by atoms with Gasteiger partial charge in [-0.15, -0.1) is 0 Å². The molecule has 1 atom stereocenters. The Balaban J connectivity index is 1.54. The number of alkyl halides is 3. The van der Waals surface area contributed by atoms with Crippen molar-refractivity contribution in [2.75, 3.05) is 36.4 Å². The van der Waals surface area contributed by atoms with E-state index in [0.717, 1.165) is 31.0 Å². The molecule has 0 saturated carbocycles. The van der Waals surface area contributed by atoms with Crippen molar-refractivity contribution in [1.29, 1.82) is 0 Å². The number of piperazine rings is 1. The van der Waals surface area contributed by atoms with E-state index in [1.165, 1.54) is 12.1 Å². The molecule has 1 aromatic heterocycles. The number of carbonyl (C=O) groups is 1. The van der Waals surface area contributed by atoms with E-state index in [1.54, 1.807) is 13.1 Å². The zero-order valence-electron chi connectivity index (χ0n) is 14.9. The molecule has 8 heteroatoms. The number of carbonyl (C=O) groups excluding carboxylic acids is 1. The highest BCUT2D eigenvalue weighted by atomic mass is 19.4. The predicted octanol–water partition coefficient (Wildman–Crippen LogP) is 3.25. The lowest BCUT2D eigenvalue weighted by atomic mass is 10.1. The van der Waals surface area contributed by atoms with Crippen molar-refractivity contribution in [2.24, 2.45) is 0 Å². The first kappa shape index (κ1) is 19.2. The van der Waals surface area contributed by atoms with Crippen molar-refractivity contribution in [3.8, 4) is 0 Å². The molecule has 1 fully saturated rings. The van der Waals surface area contributed by atoms with E-state index >= 15 is 0 Å². The van der Waals surface area contributed by atoms with Gasteiger partial charge >= 0.3 is 6.18 Å². The van der Waals surface area contributed by atoms with Gasteiger partial charge in [-0.25, -0.2) is 4.98 Å². The Kier molecular flexibility index (Phi) is 5.65. The fourth-order valence-corrected chi connectivity index (χ4v) is 3.03. The predicted molar refractivity (Wildman–Crippen MR) is 97.6 cm³/mol. The number of pyridine rings is 1. The Labute approximate surface area is 155 Å². The molecule has 27 heavy (non-hydrogen) atoms. The van der Waals surface area contributed by atoms with Crippen molar-refractivity contribution in [3.05, 3.63) is 54.2 Å². The average Bonchev–Trinajstić information content (AvgIpc) is 2.68. The first-order valence-corrected chi connectivity index (χ1v) is 8.73. The quantitative estimate of drug-likeness (QED) is 0.887. The summed E-state index contributed by atoms with van der Waals surface area (Å²) in [5, 5.41) is 2.69. The molecule has 144 valence electrons. The van der Waals surface area contributed by atoms with Crippen LogP contribution in [0.25, 0.3) is 0 Å². The molecule has 0 bridgehead atoms. The van der Waals surface area contributed by atoms with Crippen LogP contribution in [0.2, 0.25) is 0 Å². The fraction of sp³-hybridized carbons (Fsp3) is 0.368. The smallest absolute Gasteiger partial charge is 0.354 e. The van der Waals surface area contributed by atoms with E-state index in [0.29, 0.717) is 18.8 Å². The van der Waals surface area contributed by atoms with Gasteiger partial charge in [0.15, 0.2) is 0 Å². The van der Waals surface area contributed by atoms with Gasteiger partial charge in [-0.05, 0) is 43.3 Å². The number of nitrogens with zero attached hydrogens (tertiary/aromatic N) is 3. The van der Waals surface area contributed by atoms with Gasteiger partial charge in [0.05, 0.1) is 11.6 Å². The molecule has 1 aromatic carbocycles. The molecule has 1 aliphatic heterocycles. The molecule has 1 saturated heterocycles. The van der Waals surface area contributed by atoms with E-state index in [-0.39, 0.29) is 11.9 Å². The van der Waals surface area contributed by atoms with Gasteiger partial charge < -0.3 is 10.2 Å². The van der Waals surface area contributed by atoms with Gasteiger partial charge in [0.2, 0.25) is 5.91 Å². The van der Waals surface area contributed by atoms with E-state index in [2.05, 4.69) is 20.1 Å². The molecule has 1 aliphatic rings. The normalized spacial score (nSPS) is 16.8.